The molecule has 1 saturated carbocycles. The van der Waals surface area contributed by atoms with Crippen molar-refractivity contribution in [3.8, 4) is 11.5 Å². The van der Waals surface area contributed by atoms with E-state index in [-0.39, 0.29) is 5.54 Å². The van der Waals surface area contributed by atoms with Gasteiger partial charge in [0.1, 0.15) is 0 Å². The molecule has 3 nitrogen and oxygen atoms in total. The van der Waals surface area contributed by atoms with Gasteiger partial charge in [-0.15, -0.1) is 0 Å². The van der Waals surface area contributed by atoms with Gasteiger partial charge in [-0.1, -0.05) is 32.8 Å². The van der Waals surface area contributed by atoms with Crippen LogP contribution in [0.1, 0.15) is 45.1 Å². The molecule has 2 N–H and O–H groups in total. The maximum absolute atomic E-state index is 6.79. The van der Waals surface area contributed by atoms with E-state index in [0.717, 1.165) is 37.6 Å². The summed E-state index contributed by atoms with van der Waals surface area (Å²) < 4.78 is 11.5. The summed E-state index contributed by atoms with van der Waals surface area (Å²) in [6, 6.07) is 6.26. The van der Waals surface area contributed by atoms with Gasteiger partial charge >= 0.3 is 0 Å². The second-order valence-corrected chi connectivity index (χ2v) is 6.41. The second kappa shape index (κ2) is 5.28. The number of ether oxygens (including phenoxy) is 2. The Morgan fingerprint density at radius 1 is 1.10 bits per heavy atom. The van der Waals surface area contributed by atoms with Crippen LogP contribution in [0.3, 0.4) is 0 Å². The quantitative estimate of drug-likeness (QED) is 0.853. The summed E-state index contributed by atoms with van der Waals surface area (Å²) in [6.45, 7) is 6.05. The first kappa shape index (κ1) is 13.7. The molecular formula is C17H25NO2. The fourth-order valence-electron chi connectivity index (χ4n) is 3.56. The highest BCUT2D eigenvalue weighted by Gasteiger charge is 2.40. The minimum atomic E-state index is -0.234. The lowest BCUT2D eigenvalue weighted by atomic mass is 9.66. The third-order valence-corrected chi connectivity index (χ3v) is 5.20. The van der Waals surface area contributed by atoms with Crippen molar-refractivity contribution in [3.63, 3.8) is 0 Å². The average molecular weight is 275 g/mol. The van der Waals surface area contributed by atoms with Crippen LogP contribution in [0.4, 0.5) is 0 Å². The van der Waals surface area contributed by atoms with Gasteiger partial charge in [0, 0.05) is 12.0 Å². The largest absolute Gasteiger partial charge is 0.490 e. The van der Waals surface area contributed by atoms with Crippen molar-refractivity contribution in [1.29, 1.82) is 0 Å². The SMILES string of the molecule is CC1CCCC(N)(c2ccc3c(c2)OCCCO3)C1C. The zero-order valence-corrected chi connectivity index (χ0v) is 12.5. The third-order valence-electron chi connectivity index (χ3n) is 5.20. The number of fused-ring (bicyclic) bond motifs is 1. The molecule has 0 spiro atoms. The number of hydrogen-bond acceptors (Lipinski definition) is 3. The molecule has 110 valence electrons. The highest BCUT2D eigenvalue weighted by molar-refractivity contribution is 5.45. The fraction of sp³-hybridized carbons (Fsp3) is 0.647. The van der Waals surface area contributed by atoms with E-state index in [9.17, 15) is 0 Å². The van der Waals surface area contributed by atoms with Crippen LogP contribution in [-0.2, 0) is 5.54 Å². The molecule has 0 saturated heterocycles. The lowest BCUT2D eigenvalue weighted by Crippen LogP contribution is -2.48. The molecule has 1 aliphatic carbocycles. The molecule has 3 heteroatoms. The Morgan fingerprint density at radius 3 is 2.65 bits per heavy atom. The van der Waals surface area contributed by atoms with Crippen LogP contribution in [0.25, 0.3) is 0 Å². The van der Waals surface area contributed by atoms with Gasteiger partial charge in [-0.2, -0.15) is 0 Å². The fourth-order valence-corrected chi connectivity index (χ4v) is 3.56. The summed E-state index contributed by atoms with van der Waals surface area (Å²) in [5, 5.41) is 0. The minimum Gasteiger partial charge on any atom is -0.490 e. The maximum atomic E-state index is 6.79. The van der Waals surface area contributed by atoms with Gasteiger partial charge in [-0.3, -0.25) is 0 Å². The Morgan fingerprint density at radius 2 is 1.85 bits per heavy atom. The third kappa shape index (κ3) is 2.28. The Balaban J connectivity index is 1.95. The van der Waals surface area contributed by atoms with E-state index in [0.29, 0.717) is 11.8 Å². The van der Waals surface area contributed by atoms with Crippen LogP contribution in [0.15, 0.2) is 18.2 Å². The maximum Gasteiger partial charge on any atom is 0.161 e. The molecule has 0 aromatic heterocycles. The van der Waals surface area contributed by atoms with Gasteiger partial charge in [0.15, 0.2) is 11.5 Å². The van der Waals surface area contributed by atoms with Gasteiger partial charge in [-0.05, 0) is 36.0 Å². The minimum absolute atomic E-state index is 0.234. The van der Waals surface area contributed by atoms with E-state index in [1.807, 2.05) is 6.07 Å². The van der Waals surface area contributed by atoms with Crippen molar-refractivity contribution < 1.29 is 9.47 Å². The first-order chi connectivity index (χ1) is 9.61. The van der Waals surface area contributed by atoms with Gasteiger partial charge in [-0.25, -0.2) is 0 Å². The normalized spacial score (nSPS) is 33.5. The molecular weight excluding hydrogens is 250 g/mol. The van der Waals surface area contributed by atoms with Crippen LogP contribution < -0.4 is 15.2 Å². The standard InChI is InChI=1S/C17H25NO2/c1-12-5-3-8-17(18,13(12)2)14-6-7-15-16(11-14)20-10-4-9-19-15/h6-7,11-13H,3-5,8-10,18H2,1-2H3. The molecule has 0 bridgehead atoms. The van der Waals surface area contributed by atoms with E-state index in [4.69, 9.17) is 15.2 Å². The zero-order valence-electron chi connectivity index (χ0n) is 12.5. The van der Waals surface area contributed by atoms with Crippen molar-refractivity contribution in [2.75, 3.05) is 13.2 Å². The monoisotopic (exact) mass is 275 g/mol. The summed E-state index contributed by atoms with van der Waals surface area (Å²) in [5.41, 5.74) is 7.75. The van der Waals surface area contributed by atoms with Crippen LogP contribution in [0.2, 0.25) is 0 Å². The molecule has 3 unspecified atom stereocenters. The molecule has 1 heterocycles. The molecule has 1 aliphatic heterocycles. The number of rotatable bonds is 1. The molecule has 2 aliphatic rings. The predicted molar refractivity (Wildman–Crippen MR) is 80.1 cm³/mol. The second-order valence-electron chi connectivity index (χ2n) is 6.41. The first-order valence-electron chi connectivity index (χ1n) is 7.80. The van der Waals surface area contributed by atoms with Crippen LogP contribution in [0.5, 0.6) is 11.5 Å². The van der Waals surface area contributed by atoms with E-state index in [2.05, 4.69) is 26.0 Å². The Kier molecular flexibility index (Phi) is 3.63. The number of benzene rings is 1. The van der Waals surface area contributed by atoms with Crippen molar-refractivity contribution in [2.45, 2.75) is 45.1 Å². The first-order valence-corrected chi connectivity index (χ1v) is 7.80. The summed E-state index contributed by atoms with van der Waals surface area (Å²) in [4.78, 5) is 0. The smallest absolute Gasteiger partial charge is 0.161 e. The highest BCUT2D eigenvalue weighted by atomic mass is 16.5. The summed E-state index contributed by atoms with van der Waals surface area (Å²) >= 11 is 0. The van der Waals surface area contributed by atoms with E-state index in [1.54, 1.807) is 0 Å². The summed E-state index contributed by atoms with van der Waals surface area (Å²) in [5.74, 6) is 2.87. The van der Waals surface area contributed by atoms with Crippen LogP contribution >= 0.6 is 0 Å². The zero-order chi connectivity index (χ0) is 14.2. The molecule has 20 heavy (non-hydrogen) atoms. The van der Waals surface area contributed by atoms with Crippen molar-refractivity contribution >= 4 is 0 Å². The summed E-state index contributed by atoms with van der Waals surface area (Å²) in [6.07, 6.45) is 4.48. The molecule has 0 amide bonds. The van der Waals surface area contributed by atoms with Crippen molar-refractivity contribution in [1.82, 2.24) is 0 Å². The predicted octanol–water partition coefficient (Wildman–Crippen LogP) is 3.46. The molecule has 0 radical (unpaired) electrons. The van der Waals surface area contributed by atoms with E-state index >= 15 is 0 Å². The lowest BCUT2D eigenvalue weighted by Gasteiger charge is -2.43. The molecule has 3 rings (SSSR count). The molecule has 1 fully saturated rings. The highest BCUT2D eigenvalue weighted by Crippen LogP contribution is 2.44. The van der Waals surface area contributed by atoms with Gasteiger partial charge in [0.2, 0.25) is 0 Å². The molecule has 1 aromatic rings. The molecule has 3 atom stereocenters. The Labute approximate surface area is 121 Å². The van der Waals surface area contributed by atoms with Crippen molar-refractivity contribution in [3.05, 3.63) is 23.8 Å². The van der Waals surface area contributed by atoms with Gasteiger partial charge in [0.25, 0.3) is 0 Å². The van der Waals surface area contributed by atoms with Crippen molar-refractivity contribution in [2.24, 2.45) is 17.6 Å². The Bertz CT molecular complexity index is 488. The average Bonchev–Trinajstić information content (AvgIpc) is 2.69. The Hall–Kier alpha value is -1.22. The molecule has 1 aromatic carbocycles. The van der Waals surface area contributed by atoms with Crippen LogP contribution in [-0.4, -0.2) is 13.2 Å². The summed E-state index contributed by atoms with van der Waals surface area (Å²) in [7, 11) is 0. The van der Waals surface area contributed by atoms with E-state index in [1.165, 1.54) is 18.4 Å². The number of hydrogen-bond donors (Lipinski definition) is 1. The van der Waals surface area contributed by atoms with E-state index < -0.39 is 0 Å². The van der Waals surface area contributed by atoms with Gasteiger partial charge in [0.05, 0.1) is 13.2 Å². The lowest BCUT2D eigenvalue weighted by molar-refractivity contribution is 0.143. The number of nitrogens with two attached hydrogens (primary N) is 1. The van der Waals surface area contributed by atoms with Gasteiger partial charge < -0.3 is 15.2 Å². The van der Waals surface area contributed by atoms with Crippen LogP contribution in [0, 0.1) is 11.8 Å². The topological polar surface area (TPSA) is 44.5 Å².